The number of ether oxygens (including phenoxy) is 2. The van der Waals surface area contributed by atoms with E-state index in [9.17, 15) is 5.11 Å². The predicted molar refractivity (Wildman–Crippen MR) is 70.0 cm³/mol. The molecular formula is C14H19NO3. The first kappa shape index (κ1) is 12.9. The first-order valence-electron chi connectivity index (χ1n) is 5.96. The molecule has 1 atom stereocenters. The maximum Gasteiger partial charge on any atom is 0.125 e. The van der Waals surface area contributed by atoms with E-state index in [2.05, 4.69) is 11.5 Å². The van der Waals surface area contributed by atoms with Gasteiger partial charge < -0.3 is 14.6 Å². The topological polar surface area (TPSA) is 41.9 Å². The molecular weight excluding hydrogens is 230 g/mol. The molecule has 0 saturated heterocycles. The quantitative estimate of drug-likeness (QED) is 0.825. The van der Waals surface area contributed by atoms with Gasteiger partial charge in [0.2, 0.25) is 0 Å². The summed E-state index contributed by atoms with van der Waals surface area (Å²) in [6.07, 6.45) is 1.28. The number of rotatable bonds is 4. The third kappa shape index (κ3) is 2.21. The number of nitrogens with zero attached hydrogens (tertiary/aromatic N) is 1. The molecule has 18 heavy (non-hydrogen) atoms. The average Bonchev–Trinajstić information content (AvgIpc) is 2.37. The van der Waals surface area contributed by atoms with Crippen LogP contribution in [-0.4, -0.2) is 37.3 Å². The van der Waals surface area contributed by atoms with Crippen LogP contribution in [0.1, 0.15) is 17.2 Å². The Morgan fingerprint density at radius 2 is 2.06 bits per heavy atom. The van der Waals surface area contributed by atoms with Crippen LogP contribution in [0.3, 0.4) is 0 Å². The number of aliphatic hydroxyl groups is 1. The van der Waals surface area contributed by atoms with Crippen molar-refractivity contribution in [3.05, 3.63) is 35.9 Å². The van der Waals surface area contributed by atoms with Gasteiger partial charge in [0.15, 0.2) is 0 Å². The highest BCUT2D eigenvalue weighted by Gasteiger charge is 2.28. The minimum Gasteiger partial charge on any atom is -0.496 e. The van der Waals surface area contributed by atoms with Crippen molar-refractivity contribution in [1.29, 1.82) is 0 Å². The summed E-state index contributed by atoms with van der Waals surface area (Å²) in [4.78, 5) is 2.13. The molecule has 0 amide bonds. The lowest BCUT2D eigenvalue weighted by molar-refractivity contribution is 0.0953. The van der Waals surface area contributed by atoms with Gasteiger partial charge in [-0.3, -0.25) is 4.90 Å². The zero-order valence-corrected chi connectivity index (χ0v) is 10.8. The molecule has 4 heteroatoms. The fraction of sp³-hybridized carbons (Fsp3) is 0.429. The van der Waals surface area contributed by atoms with Gasteiger partial charge in [0, 0.05) is 30.8 Å². The molecule has 0 aliphatic carbocycles. The first-order chi connectivity index (χ1) is 8.71. The summed E-state index contributed by atoms with van der Waals surface area (Å²) in [6, 6.07) is 3.71. The molecule has 0 unspecified atom stereocenters. The van der Waals surface area contributed by atoms with E-state index in [4.69, 9.17) is 9.47 Å². The Morgan fingerprint density at radius 3 is 2.67 bits per heavy atom. The van der Waals surface area contributed by atoms with Crippen molar-refractivity contribution in [1.82, 2.24) is 4.90 Å². The van der Waals surface area contributed by atoms with Crippen molar-refractivity contribution < 1.29 is 14.6 Å². The van der Waals surface area contributed by atoms with Crippen molar-refractivity contribution in [2.45, 2.75) is 12.6 Å². The molecule has 1 heterocycles. The summed E-state index contributed by atoms with van der Waals surface area (Å²) in [6.45, 7) is 5.80. The molecule has 1 aromatic rings. The Balaban J connectivity index is 2.45. The van der Waals surface area contributed by atoms with Gasteiger partial charge in [-0.15, -0.1) is 6.58 Å². The third-order valence-corrected chi connectivity index (χ3v) is 3.25. The lowest BCUT2D eigenvalue weighted by Gasteiger charge is -2.33. The van der Waals surface area contributed by atoms with Crippen molar-refractivity contribution >= 4 is 0 Å². The molecule has 0 radical (unpaired) electrons. The van der Waals surface area contributed by atoms with Crippen molar-refractivity contribution in [3.8, 4) is 11.5 Å². The molecule has 2 rings (SSSR count). The van der Waals surface area contributed by atoms with Crippen LogP contribution in [0.2, 0.25) is 0 Å². The SMILES string of the molecule is C=CCN1Cc2c(OC)ccc(OC)c2[C@@H](O)C1. The van der Waals surface area contributed by atoms with Crippen LogP contribution in [0.4, 0.5) is 0 Å². The van der Waals surface area contributed by atoms with E-state index in [-0.39, 0.29) is 0 Å². The maximum atomic E-state index is 10.3. The zero-order valence-electron chi connectivity index (χ0n) is 10.8. The summed E-state index contributed by atoms with van der Waals surface area (Å²) in [5.74, 6) is 1.51. The second-order valence-electron chi connectivity index (χ2n) is 4.36. The van der Waals surface area contributed by atoms with E-state index in [0.29, 0.717) is 6.54 Å². The van der Waals surface area contributed by atoms with Gasteiger partial charge >= 0.3 is 0 Å². The van der Waals surface area contributed by atoms with Gasteiger partial charge in [0.1, 0.15) is 11.5 Å². The molecule has 0 spiro atoms. The highest BCUT2D eigenvalue weighted by molar-refractivity contribution is 5.51. The van der Waals surface area contributed by atoms with Crippen molar-refractivity contribution in [2.24, 2.45) is 0 Å². The number of hydrogen-bond donors (Lipinski definition) is 1. The van der Waals surface area contributed by atoms with Gasteiger partial charge in [-0.05, 0) is 12.1 Å². The molecule has 0 aromatic heterocycles. The van der Waals surface area contributed by atoms with Gasteiger partial charge in [-0.25, -0.2) is 0 Å². The van der Waals surface area contributed by atoms with Crippen LogP contribution in [0, 0.1) is 0 Å². The fourth-order valence-electron chi connectivity index (χ4n) is 2.47. The minimum absolute atomic E-state index is 0.557. The standard InChI is InChI=1S/C14H19NO3/c1-4-7-15-8-10-12(17-2)5-6-13(18-3)14(10)11(16)9-15/h4-6,11,16H,1,7-9H2,2-3H3/t11-/m0/s1. The normalized spacial score (nSPS) is 19.2. The Hall–Kier alpha value is -1.52. The summed E-state index contributed by atoms with van der Waals surface area (Å²) < 4.78 is 10.7. The Bertz CT molecular complexity index is 445. The number of methoxy groups -OCH3 is 2. The highest BCUT2D eigenvalue weighted by Crippen LogP contribution is 2.39. The number of fused-ring (bicyclic) bond motifs is 1. The third-order valence-electron chi connectivity index (χ3n) is 3.25. The van der Waals surface area contributed by atoms with Gasteiger partial charge in [-0.1, -0.05) is 6.08 Å². The molecule has 0 bridgehead atoms. The molecule has 4 nitrogen and oxygen atoms in total. The van der Waals surface area contributed by atoms with Crippen LogP contribution >= 0.6 is 0 Å². The summed E-state index contributed by atoms with van der Waals surface area (Å²) in [5.41, 5.74) is 1.84. The molecule has 1 aromatic carbocycles. The van der Waals surface area contributed by atoms with Crippen molar-refractivity contribution in [2.75, 3.05) is 27.3 Å². The molecule has 1 aliphatic rings. The Kier molecular flexibility index (Phi) is 3.89. The first-order valence-corrected chi connectivity index (χ1v) is 5.96. The van der Waals surface area contributed by atoms with Gasteiger partial charge in [0.25, 0.3) is 0 Å². The highest BCUT2D eigenvalue weighted by atomic mass is 16.5. The van der Waals surface area contributed by atoms with Crippen LogP contribution in [-0.2, 0) is 6.54 Å². The lowest BCUT2D eigenvalue weighted by Crippen LogP contribution is -2.34. The molecule has 1 N–H and O–H groups in total. The Labute approximate surface area is 107 Å². The molecule has 98 valence electrons. The fourth-order valence-corrected chi connectivity index (χ4v) is 2.47. The van der Waals surface area contributed by atoms with E-state index in [1.807, 2.05) is 18.2 Å². The molecule has 0 fully saturated rings. The predicted octanol–water partition coefficient (Wildman–Crippen LogP) is 1.74. The minimum atomic E-state index is -0.557. The van der Waals surface area contributed by atoms with Crippen LogP contribution in [0.15, 0.2) is 24.8 Å². The number of aliphatic hydroxyl groups excluding tert-OH is 1. The summed E-state index contributed by atoms with van der Waals surface area (Å²) in [5, 5.41) is 10.3. The monoisotopic (exact) mass is 249 g/mol. The van der Waals surface area contributed by atoms with E-state index >= 15 is 0 Å². The van der Waals surface area contributed by atoms with Crippen molar-refractivity contribution in [3.63, 3.8) is 0 Å². The van der Waals surface area contributed by atoms with Crippen LogP contribution < -0.4 is 9.47 Å². The molecule has 1 aliphatic heterocycles. The number of hydrogen-bond acceptors (Lipinski definition) is 4. The van der Waals surface area contributed by atoms with E-state index in [1.165, 1.54) is 0 Å². The van der Waals surface area contributed by atoms with Gasteiger partial charge in [0.05, 0.1) is 20.3 Å². The second kappa shape index (κ2) is 5.42. The van der Waals surface area contributed by atoms with Crippen LogP contribution in [0.25, 0.3) is 0 Å². The van der Waals surface area contributed by atoms with E-state index < -0.39 is 6.10 Å². The maximum absolute atomic E-state index is 10.3. The smallest absolute Gasteiger partial charge is 0.125 e. The number of benzene rings is 1. The van der Waals surface area contributed by atoms with Crippen LogP contribution in [0.5, 0.6) is 11.5 Å². The Morgan fingerprint density at radius 1 is 1.39 bits per heavy atom. The zero-order chi connectivity index (χ0) is 13.1. The molecule has 0 saturated carbocycles. The van der Waals surface area contributed by atoms with E-state index in [1.54, 1.807) is 14.2 Å². The van der Waals surface area contributed by atoms with Gasteiger partial charge in [-0.2, -0.15) is 0 Å². The second-order valence-corrected chi connectivity index (χ2v) is 4.36. The summed E-state index contributed by atoms with van der Waals surface area (Å²) >= 11 is 0. The van der Waals surface area contributed by atoms with E-state index in [0.717, 1.165) is 35.7 Å². The largest absolute Gasteiger partial charge is 0.496 e. The summed E-state index contributed by atoms with van der Waals surface area (Å²) in [7, 11) is 3.26. The number of β-amino-alcohol motifs (C(OH)–C–C–N with tert-alkyl or cyclic N) is 1. The lowest BCUT2D eigenvalue weighted by atomic mass is 9.95. The average molecular weight is 249 g/mol.